The first-order chi connectivity index (χ1) is 9.17. The lowest BCUT2D eigenvalue weighted by molar-refractivity contribution is 0.0693. The zero-order valence-corrected chi connectivity index (χ0v) is 15.0. The van der Waals surface area contributed by atoms with Crippen molar-refractivity contribution in [2.24, 2.45) is 0 Å². The highest BCUT2D eigenvalue weighted by molar-refractivity contribution is 5.90. The average molecular weight is 290 g/mol. The van der Waals surface area contributed by atoms with Gasteiger partial charge in [-0.25, -0.2) is 4.79 Å². The van der Waals surface area contributed by atoms with Crippen molar-refractivity contribution >= 4 is 5.97 Å². The number of carbonyl (C=O) groups is 1. The van der Waals surface area contributed by atoms with Gasteiger partial charge in [-0.05, 0) is 39.0 Å². The van der Waals surface area contributed by atoms with Crippen molar-refractivity contribution in [2.75, 3.05) is 0 Å². The fourth-order valence-corrected chi connectivity index (χ4v) is 2.96. The molecule has 0 aliphatic rings. The Kier molecular flexibility index (Phi) is 4.35. The van der Waals surface area contributed by atoms with E-state index in [1.165, 1.54) is 11.1 Å². The first-order valence-corrected chi connectivity index (χ1v) is 7.59. The third-order valence-electron chi connectivity index (χ3n) is 3.74. The van der Waals surface area contributed by atoms with Gasteiger partial charge >= 0.3 is 5.97 Å². The van der Waals surface area contributed by atoms with Crippen molar-refractivity contribution in [1.82, 2.24) is 0 Å². The van der Waals surface area contributed by atoms with E-state index in [9.17, 15) is 9.90 Å². The van der Waals surface area contributed by atoms with Crippen LogP contribution in [0.25, 0.3) is 0 Å². The fourth-order valence-electron chi connectivity index (χ4n) is 2.96. The van der Waals surface area contributed by atoms with E-state index in [1.807, 2.05) is 6.07 Å². The maximum Gasteiger partial charge on any atom is 0.335 e. The zero-order valence-electron chi connectivity index (χ0n) is 15.0. The zero-order chi connectivity index (χ0) is 16.8. The van der Waals surface area contributed by atoms with Crippen LogP contribution in [0.5, 0.6) is 0 Å². The second kappa shape index (κ2) is 5.15. The molecule has 0 aliphatic carbocycles. The molecule has 0 amide bonds. The van der Waals surface area contributed by atoms with Crippen molar-refractivity contribution in [3.63, 3.8) is 0 Å². The molecule has 1 N–H and O–H groups in total. The third-order valence-corrected chi connectivity index (χ3v) is 3.74. The van der Waals surface area contributed by atoms with Crippen LogP contribution in [0.15, 0.2) is 12.1 Å². The highest BCUT2D eigenvalue weighted by Gasteiger charge is 2.34. The first kappa shape index (κ1) is 17.7. The SMILES string of the molecule is CC(C)(C)c1ccc(C(=O)O)c(C(C)(C)C)c1C(C)(C)C. The maximum absolute atomic E-state index is 11.7. The molecule has 2 heteroatoms. The van der Waals surface area contributed by atoms with Gasteiger partial charge < -0.3 is 5.11 Å². The Bertz CT molecular complexity index is 547. The summed E-state index contributed by atoms with van der Waals surface area (Å²) in [7, 11) is 0. The van der Waals surface area contributed by atoms with Gasteiger partial charge in [0, 0.05) is 0 Å². The van der Waals surface area contributed by atoms with Gasteiger partial charge in [-0.15, -0.1) is 0 Å². The third kappa shape index (κ3) is 3.66. The van der Waals surface area contributed by atoms with Crippen LogP contribution in [0.4, 0.5) is 0 Å². The van der Waals surface area contributed by atoms with Crippen LogP contribution in [-0.4, -0.2) is 11.1 Å². The van der Waals surface area contributed by atoms with E-state index in [0.717, 1.165) is 5.56 Å². The molecule has 0 heterocycles. The number of carboxylic acid groups (broad SMARTS) is 1. The van der Waals surface area contributed by atoms with Gasteiger partial charge in [-0.2, -0.15) is 0 Å². The van der Waals surface area contributed by atoms with Gasteiger partial charge in [0.05, 0.1) is 5.56 Å². The fraction of sp³-hybridized carbons (Fsp3) is 0.632. The molecule has 0 aromatic heterocycles. The molecule has 0 atom stereocenters. The summed E-state index contributed by atoms with van der Waals surface area (Å²) in [5.41, 5.74) is 3.50. The van der Waals surface area contributed by atoms with Crippen LogP contribution in [0.3, 0.4) is 0 Å². The number of benzene rings is 1. The van der Waals surface area contributed by atoms with Crippen LogP contribution < -0.4 is 0 Å². The minimum absolute atomic E-state index is 0.0142. The van der Waals surface area contributed by atoms with Crippen molar-refractivity contribution in [1.29, 1.82) is 0 Å². The quantitative estimate of drug-likeness (QED) is 0.764. The molecule has 118 valence electrons. The molecule has 21 heavy (non-hydrogen) atoms. The Labute approximate surface area is 129 Å². The second-order valence-corrected chi connectivity index (χ2v) is 8.97. The normalized spacial score (nSPS) is 13.4. The Morgan fingerprint density at radius 2 is 1.19 bits per heavy atom. The molecule has 1 aromatic rings. The van der Waals surface area contributed by atoms with Crippen molar-refractivity contribution < 1.29 is 9.90 Å². The van der Waals surface area contributed by atoms with Crippen LogP contribution in [-0.2, 0) is 16.2 Å². The van der Waals surface area contributed by atoms with E-state index < -0.39 is 5.97 Å². The minimum atomic E-state index is -0.842. The Morgan fingerprint density at radius 1 is 0.762 bits per heavy atom. The lowest BCUT2D eigenvalue weighted by Gasteiger charge is -2.37. The standard InChI is InChI=1S/C19H30O2/c1-17(2,3)13-11-10-12(16(20)21)14(18(4,5)6)15(13)19(7,8)9/h10-11H,1-9H3,(H,20,21). The molecule has 0 saturated heterocycles. The van der Waals surface area contributed by atoms with E-state index >= 15 is 0 Å². The molecule has 0 saturated carbocycles. The van der Waals surface area contributed by atoms with Gasteiger partial charge in [0.15, 0.2) is 0 Å². The van der Waals surface area contributed by atoms with Gasteiger partial charge in [0.1, 0.15) is 0 Å². The minimum Gasteiger partial charge on any atom is -0.478 e. The molecule has 2 nitrogen and oxygen atoms in total. The number of hydrogen-bond donors (Lipinski definition) is 1. The summed E-state index contributed by atoms with van der Waals surface area (Å²) in [6, 6.07) is 3.78. The topological polar surface area (TPSA) is 37.3 Å². The van der Waals surface area contributed by atoms with Gasteiger partial charge in [0.2, 0.25) is 0 Å². The second-order valence-electron chi connectivity index (χ2n) is 8.97. The van der Waals surface area contributed by atoms with E-state index in [4.69, 9.17) is 0 Å². The number of hydrogen-bond acceptors (Lipinski definition) is 1. The van der Waals surface area contributed by atoms with Gasteiger partial charge in [-0.1, -0.05) is 68.4 Å². The van der Waals surface area contributed by atoms with Crippen LogP contribution in [0, 0.1) is 0 Å². The summed E-state index contributed by atoms with van der Waals surface area (Å²) in [6.07, 6.45) is 0. The van der Waals surface area contributed by atoms with Crippen molar-refractivity contribution in [3.05, 3.63) is 34.4 Å². The highest BCUT2D eigenvalue weighted by atomic mass is 16.4. The van der Waals surface area contributed by atoms with Crippen molar-refractivity contribution in [3.8, 4) is 0 Å². The summed E-state index contributed by atoms with van der Waals surface area (Å²) in [4.78, 5) is 11.7. The first-order valence-electron chi connectivity index (χ1n) is 7.59. The van der Waals surface area contributed by atoms with E-state index in [0.29, 0.717) is 5.56 Å². The van der Waals surface area contributed by atoms with Crippen LogP contribution in [0.1, 0.15) is 89.4 Å². The molecule has 0 radical (unpaired) electrons. The smallest absolute Gasteiger partial charge is 0.335 e. The predicted molar refractivity (Wildman–Crippen MR) is 89.5 cm³/mol. The van der Waals surface area contributed by atoms with Crippen molar-refractivity contribution in [2.45, 2.75) is 78.6 Å². The molecule has 0 bridgehead atoms. The van der Waals surface area contributed by atoms with E-state index in [1.54, 1.807) is 6.07 Å². The Morgan fingerprint density at radius 3 is 1.48 bits per heavy atom. The van der Waals surface area contributed by atoms with E-state index in [-0.39, 0.29) is 16.2 Å². The molecule has 0 aliphatic heterocycles. The summed E-state index contributed by atoms with van der Waals surface area (Å²) in [6.45, 7) is 19.3. The number of rotatable bonds is 1. The predicted octanol–water partition coefficient (Wildman–Crippen LogP) is 5.28. The summed E-state index contributed by atoms with van der Waals surface area (Å²) in [5, 5.41) is 9.61. The summed E-state index contributed by atoms with van der Waals surface area (Å²) >= 11 is 0. The number of aromatic carboxylic acids is 1. The molecule has 0 fully saturated rings. The molecule has 0 unspecified atom stereocenters. The lowest BCUT2D eigenvalue weighted by atomic mass is 9.67. The summed E-state index contributed by atoms with van der Waals surface area (Å²) in [5.74, 6) is -0.842. The lowest BCUT2D eigenvalue weighted by Crippen LogP contribution is -2.30. The molecule has 1 rings (SSSR count). The van der Waals surface area contributed by atoms with E-state index in [2.05, 4.69) is 62.3 Å². The average Bonchev–Trinajstić information content (AvgIpc) is 2.23. The summed E-state index contributed by atoms with van der Waals surface area (Å²) < 4.78 is 0. The maximum atomic E-state index is 11.7. The molecular formula is C19H30O2. The molecule has 0 spiro atoms. The van der Waals surface area contributed by atoms with Crippen LogP contribution in [0.2, 0.25) is 0 Å². The molecular weight excluding hydrogens is 260 g/mol. The van der Waals surface area contributed by atoms with Gasteiger partial charge in [0.25, 0.3) is 0 Å². The van der Waals surface area contributed by atoms with Crippen LogP contribution >= 0.6 is 0 Å². The Hall–Kier alpha value is -1.31. The Balaban J connectivity index is 3.98. The largest absolute Gasteiger partial charge is 0.478 e. The monoisotopic (exact) mass is 290 g/mol. The van der Waals surface area contributed by atoms with Gasteiger partial charge in [-0.3, -0.25) is 0 Å². The number of carboxylic acids is 1. The molecule has 1 aromatic carbocycles. The highest BCUT2D eigenvalue weighted by Crippen LogP contribution is 2.42.